The first-order valence-corrected chi connectivity index (χ1v) is 9.70. The topological polar surface area (TPSA) is 72.9 Å². The van der Waals surface area contributed by atoms with Crippen LogP contribution in [0.4, 0.5) is 5.69 Å². The maximum absolute atomic E-state index is 13.2. The van der Waals surface area contributed by atoms with Crippen molar-refractivity contribution in [2.75, 3.05) is 24.6 Å². The van der Waals surface area contributed by atoms with Gasteiger partial charge in [-0.3, -0.25) is 9.10 Å². The van der Waals surface area contributed by atoms with Gasteiger partial charge < -0.3 is 9.47 Å². The van der Waals surface area contributed by atoms with Crippen molar-refractivity contribution < 1.29 is 22.7 Å². The van der Waals surface area contributed by atoms with Crippen LogP contribution in [-0.2, 0) is 19.6 Å². The smallest absolute Gasteiger partial charge is 0.326 e. The summed E-state index contributed by atoms with van der Waals surface area (Å²) in [6.07, 6.45) is 0. The van der Waals surface area contributed by atoms with Gasteiger partial charge in [0, 0.05) is 5.02 Å². The van der Waals surface area contributed by atoms with Gasteiger partial charge in [0.1, 0.15) is 12.3 Å². The zero-order valence-corrected chi connectivity index (χ0v) is 16.3. The van der Waals surface area contributed by atoms with E-state index in [1.54, 1.807) is 44.2 Å². The standard InChI is InChI=1S/C18H20ClNO5S/c1-4-25-18(21)12-20(17-10-5-14(19)11-13(17)2)26(22,23)16-8-6-15(24-3)7-9-16/h5-11H,4,12H2,1-3H3. The zero-order chi connectivity index (χ0) is 19.3. The van der Waals surface area contributed by atoms with E-state index in [1.807, 2.05) is 0 Å². The Morgan fingerprint density at radius 2 is 1.81 bits per heavy atom. The first-order chi connectivity index (χ1) is 12.3. The number of carbonyl (C=O) groups excluding carboxylic acids is 1. The summed E-state index contributed by atoms with van der Waals surface area (Å²) in [5.41, 5.74) is 0.983. The Kier molecular flexibility index (Phi) is 6.50. The van der Waals surface area contributed by atoms with Crippen molar-refractivity contribution in [3.05, 3.63) is 53.1 Å². The van der Waals surface area contributed by atoms with Gasteiger partial charge in [0.05, 0.1) is 24.3 Å². The van der Waals surface area contributed by atoms with Crippen molar-refractivity contribution in [2.45, 2.75) is 18.7 Å². The summed E-state index contributed by atoms with van der Waals surface area (Å²) < 4.78 is 37.3. The summed E-state index contributed by atoms with van der Waals surface area (Å²) in [6.45, 7) is 3.11. The highest BCUT2D eigenvalue weighted by molar-refractivity contribution is 7.92. The predicted molar refractivity (Wildman–Crippen MR) is 100 cm³/mol. The van der Waals surface area contributed by atoms with Crippen LogP contribution >= 0.6 is 11.6 Å². The fourth-order valence-electron chi connectivity index (χ4n) is 2.40. The number of esters is 1. The molecule has 26 heavy (non-hydrogen) atoms. The van der Waals surface area contributed by atoms with Gasteiger partial charge in [-0.25, -0.2) is 8.42 Å². The Labute approximate surface area is 158 Å². The summed E-state index contributed by atoms with van der Waals surface area (Å²) in [7, 11) is -2.50. The predicted octanol–water partition coefficient (Wildman–Crippen LogP) is 3.42. The van der Waals surface area contributed by atoms with Crippen LogP contribution in [0.5, 0.6) is 5.75 Å². The second-order valence-corrected chi connectivity index (χ2v) is 7.72. The molecule has 140 valence electrons. The summed E-state index contributed by atoms with van der Waals surface area (Å²) in [4.78, 5) is 12.0. The van der Waals surface area contributed by atoms with Crippen LogP contribution in [0.15, 0.2) is 47.4 Å². The van der Waals surface area contributed by atoms with Gasteiger partial charge in [-0.15, -0.1) is 0 Å². The van der Waals surface area contributed by atoms with E-state index in [4.69, 9.17) is 21.1 Å². The summed E-state index contributed by atoms with van der Waals surface area (Å²) in [5.74, 6) is -0.109. The molecular formula is C18H20ClNO5S. The lowest BCUT2D eigenvalue weighted by molar-refractivity contribution is -0.141. The third-order valence-corrected chi connectivity index (χ3v) is 5.66. The van der Waals surface area contributed by atoms with Gasteiger partial charge in [0.15, 0.2) is 0 Å². The Balaban J connectivity index is 2.51. The molecule has 2 rings (SSSR count). The highest BCUT2D eigenvalue weighted by Gasteiger charge is 2.28. The van der Waals surface area contributed by atoms with E-state index in [0.29, 0.717) is 22.0 Å². The highest BCUT2D eigenvalue weighted by atomic mass is 35.5. The minimum Gasteiger partial charge on any atom is -0.497 e. The van der Waals surface area contributed by atoms with Gasteiger partial charge in [-0.1, -0.05) is 11.6 Å². The van der Waals surface area contributed by atoms with Gasteiger partial charge in [0.25, 0.3) is 10.0 Å². The molecule has 0 spiro atoms. The largest absolute Gasteiger partial charge is 0.497 e. The number of hydrogen-bond donors (Lipinski definition) is 0. The molecule has 0 aromatic heterocycles. The van der Waals surface area contributed by atoms with Gasteiger partial charge in [-0.2, -0.15) is 0 Å². The van der Waals surface area contributed by atoms with Crippen LogP contribution in [0.25, 0.3) is 0 Å². The zero-order valence-electron chi connectivity index (χ0n) is 14.7. The Bertz CT molecular complexity index is 881. The molecule has 0 saturated heterocycles. The minimum absolute atomic E-state index is 0.0388. The fourth-order valence-corrected chi connectivity index (χ4v) is 4.10. The maximum Gasteiger partial charge on any atom is 0.326 e. The first-order valence-electron chi connectivity index (χ1n) is 7.88. The van der Waals surface area contributed by atoms with E-state index >= 15 is 0 Å². The van der Waals surface area contributed by atoms with Crippen LogP contribution < -0.4 is 9.04 Å². The maximum atomic E-state index is 13.2. The number of benzene rings is 2. The third-order valence-electron chi connectivity index (χ3n) is 3.65. The number of aryl methyl sites for hydroxylation is 1. The van der Waals surface area contributed by atoms with Crippen LogP contribution in [0.2, 0.25) is 5.02 Å². The third kappa shape index (κ3) is 4.47. The summed E-state index contributed by atoms with van der Waals surface area (Å²) >= 11 is 5.97. The second-order valence-electron chi connectivity index (χ2n) is 5.42. The highest BCUT2D eigenvalue weighted by Crippen LogP contribution is 2.29. The van der Waals surface area contributed by atoms with E-state index in [2.05, 4.69) is 0 Å². The molecule has 0 amide bonds. The van der Waals surface area contributed by atoms with E-state index in [-0.39, 0.29) is 11.5 Å². The number of nitrogens with zero attached hydrogens (tertiary/aromatic N) is 1. The van der Waals surface area contributed by atoms with Crippen molar-refractivity contribution >= 4 is 33.3 Å². The molecule has 0 aliphatic carbocycles. The Hall–Kier alpha value is -2.25. The Morgan fingerprint density at radius 1 is 1.15 bits per heavy atom. The van der Waals surface area contributed by atoms with Gasteiger partial charge >= 0.3 is 5.97 Å². The lowest BCUT2D eigenvalue weighted by atomic mass is 10.2. The molecule has 0 aliphatic heterocycles. The molecule has 0 fully saturated rings. The number of methoxy groups -OCH3 is 1. The van der Waals surface area contributed by atoms with Crippen molar-refractivity contribution in [3.8, 4) is 5.75 Å². The number of hydrogen-bond acceptors (Lipinski definition) is 5. The van der Waals surface area contributed by atoms with Crippen molar-refractivity contribution in [2.24, 2.45) is 0 Å². The minimum atomic E-state index is -3.99. The van der Waals surface area contributed by atoms with E-state index < -0.39 is 22.5 Å². The van der Waals surface area contributed by atoms with Crippen molar-refractivity contribution in [1.29, 1.82) is 0 Å². The molecule has 2 aromatic rings. The first kappa shape index (κ1) is 20.1. The van der Waals surface area contributed by atoms with E-state index in [9.17, 15) is 13.2 Å². The van der Waals surface area contributed by atoms with E-state index in [1.165, 1.54) is 19.2 Å². The molecule has 0 heterocycles. The van der Waals surface area contributed by atoms with Gasteiger partial charge in [-0.05, 0) is 61.9 Å². The van der Waals surface area contributed by atoms with Crippen molar-refractivity contribution in [1.82, 2.24) is 0 Å². The van der Waals surface area contributed by atoms with Crippen LogP contribution in [-0.4, -0.2) is 34.6 Å². The van der Waals surface area contributed by atoms with Crippen LogP contribution in [0.1, 0.15) is 12.5 Å². The number of halogens is 1. The number of sulfonamides is 1. The SMILES string of the molecule is CCOC(=O)CN(c1ccc(Cl)cc1C)S(=O)(=O)c1ccc(OC)cc1. The molecule has 8 heteroatoms. The quantitative estimate of drug-likeness (QED) is 0.669. The average molecular weight is 398 g/mol. The lowest BCUT2D eigenvalue weighted by Crippen LogP contribution is -2.37. The molecule has 0 N–H and O–H groups in total. The molecular weight excluding hydrogens is 378 g/mol. The summed E-state index contributed by atoms with van der Waals surface area (Å²) in [6, 6.07) is 10.7. The normalized spacial score (nSPS) is 11.1. The molecule has 0 radical (unpaired) electrons. The van der Waals surface area contributed by atoms with Crippen molar-refractivity contribution in [3.63, 3.8) is 0 Å². The number of anilines is 1. The van der Waals surface area contributed by atoms with Crippen LogP contribution in [0.3, 0.4) is 0 Å². The molecule has 0 bridgehead atoms. The molecule has 0 aliphatic rings. The molecule has 2 aromatic carbocycles. The Morgan fingerprint density at radius 3 is 2.35 bits per heavy atom. The molecule has 0 unspecified atom stereocenters. The summed E-state index contributed by atoms with van der Waals surface area (Å²) in [5, 5.41) is 0.476. The number of carbonyl (C=O) groups is 1. The molecule has 6 nitrogen and oxygen atoms in total. The average Bonchev–Trinajstić information content (AvgIpc) is 2.60. The number of ether oxygens (including phenoxy) is 2. The van der Waals surface area contributed by atoms with E-state index in [0.717, 1.165) is 4.31 Å². The molecule has 0 saturated carbocycles. The van der Waals surface area contributed by atoms with Crippen LogP contribution in [0, 0.1) is 6.92 Å². The fraction of sp³-hybridized carbons (Fsp3) is 0.278. The molecule has 0 atom stereocenters. The number of rotatable bonds is 7. The second kappa shape index (κ2) is 8.42. The monoisotopic (exact) mass is 397 g/mol. The lowest BCUT2D eigenvalue weighted by Gasteiger charge is -2.25. The van der Waals surface area contributed by atoms with Gasteiger partial charge in [0.2, 0.25) is 0 Å².